The molecule has 19 heavy (non-hydrogen) atoms. The van der Waals surface area contributed by atoms with Crippen molar-refractivity contribution in [2.45, 2.75) is 6.61 Å². The standard InChI is InChI=1S/C14H11F2NOS/c15-13-4-3-11(7-14(13)16)18-8-12-6-10(9-19-12)2-1-5-17/h3-4,6-7,9H,5,8,17H2. The van der Waals surface area contributed by atoms with Gasteiger partial charge < -0.3 is 10.5 Å². The SMILES string of the molecule is NCC#Cc1csc(COc2ccc(F)c(F)c2)c1. The molecule has 0 saturated carbocycles. The molecule has 0 saturated heterocycles. The van der Waals surface area contributed by atoms with Gasteiger partial charge in [-0.25, -0.2) is 8.78 Å². The maximum atomic E-state index is 13.0. The zero-order valence-corrected chi connectivity index (χ0v) is 10.8. The van der Waals surface area contributed by atoms with E-state index in [0.29, 0.717) is 18.9 Å². The van der Waals surface area contributed by atoms with Gasteiger partial charge in [0.05, 0.1) is 6.54 Å². The summed E-state index contributed by atoms with van der Waals surface area (Å²) in [4.78, 5) is 0.950. The van der Waals surface area contributed by atoms with E-state index in [2.05, 4.69) is 11.8 Å². The fraction of sp³-hybridized carbons (Fsp3) is 0.143. The van der Waals surface area contributed by atoms with Crippen molar-refractivity contribution in [1.82, 2.24) is 0 Å². The summed E-state index contributed by atoms with van der Waals surface area (Å²) in [5.41, 5.74) is 6.16. The van der Waals surface area contributed by atoms with E-state index in [1.807, 2.05) is 11.4 Å². The number of thiophene rings is 1. The lowest BCUT2D eigenvalue weighted by atomic mass is 10.3. The van der Waals surface area contributed by atoms with Gasteiger partial charge in [0.15, 0.2) is 11.6 Å². The molecule has 0 aliphatic rings. The second kappa shape index (κ2) is 6.32. The fourth-order valence-corrected chi connectivity index (χ4v) is 2.12. The molecule has 2 rings (SSSR count). The number of hydrogen-bond acceptors (Lipinski definition) is 3. The lowest BCUT2D eigenvalue weighted by molar-refractivity contribution is 0.307. The topological polar surface area (TPSA) is 35.2 Å². The summed E-state index contributed by atoms with van der Waals surface area (Å²) in [6.07, 6.45) is 0. The van der Waals surface area contributed by atoms with Crippen LogP contribution in [0, 0.1) is 23.5 Å². The van der Waals surface area contributed by atoms with Crippen LogP contribution in [0.15, 0.2) is 29.6 Å². The van der Waals surface area contributed by atoms with Crippen molar-refractivity contribution in [3.63, 3.8) is 0 Å². The minimum Gasteiger partial charge on any atom is -0.488 e. The molecular formula is C14H11F2NOS. The molecule has 0 fully saturated rings. The molecule has 98 valence electrons. The van der Waals surface area contributed by atoms with Gasteiger partial charge in [0, 0.05) is 21.9 Å². The highest BCUT2D eigenvalue weighted by Crippen LogP contribution is 2.19. The zero-order chi connectivity index (χ0) is 13.7. The van der Waals surface area contributed by atoms with E-state index in [0.717, 1.165) is 22.6 Å². The molecule has 2 aromatic rings. The zero-order valence-electron chi connectivity index (χ0n) is 9.95. The molecule has 0 radical (unpaired) electrons. The molecule has 0 aliphatic carbocycles. The monoisotopic (exact) mass is 279 g/mol. The maximum Gasteiger partial charge on any atom is 0.162 e. The van der Waals surface area contributed by atoms with Gasteiger partial charge in [0.25, 0.3) is 0 Å². The predicted octanol–water partition coefficient (Wildman–Crippen LogP) is 2.92. The van der Waals surface area contributed by atoms with Crippen LogP contribution in [0.4, 0.5) is 8.78 Å². The lowest BCUT2D eigenvalue weighted by Gasteiger charge is -2.04. The van der Waals surface area contributed by atoms with E-state index in [1.165, 1.54) is 17.4 Å². The number of hydrogen-bond donors (Lipinski definition) is 1. The third kappa shape index (κ3) is 3.78. The highest BCUT2D eigenvalue weighted by Gasteiger charge is 2.04. The second-order valence-corrected chi connectivity index (χ2v) is 4.67. The minimum atomic E-state index is -0.918. The Bertz CT molecular complexity index is 628. The Labute approximate surface area is 113 Å². The van der Waals surface area contributed by atoms with Gasteiger partial charge >= 0.3 is 0 Å². The summed E-state index contributed by atoms with van der Waals surface area (Å²) in [5, 5.41) is 1.90. The molecule has 0 unspecified atom stereocenters. The van der Waals surface area contributed by atoms with E-state index in [-0.39, 0.29) is 0 Å². The minimum absolute atomic E-state index is 0.292. The Morgan fingerprint density at radius 2 is 2.05 bits per heavy atom. The van der Waals surface area contributed by atoms with Crippen molar-refractivity contribution in [3.8, 4) is 17.6 Å². The molecule has 1 heterocycles. The normalized spacial score (nSPS) is 9.84. The highest BCUT2D eigenvalue weighted by atomic mass is 32.1. The summed E-state index contributed by atoms with van der Waals surface area (Å²) in [6, 6.07) is 5.34. The first kappa shape index (κ1) is 13.5. The third-order valence-corrected chi connectivity index (χ3v) is 3.17. The Morgan fingerprint density at radius 3 is 2.79 bits per heavy atom. The summed E-state index contributed by atoms with van der Waals surface area (Å²) in [6.45, 7) is 0.608. The van der Waals surface area contributed by atoms with Gasteiger partial charge in [-0.15, -0.1) is 11.3 Å². The Morgan fingerprint density at radius 1 is 1.21 bits per heavy atom. The quantitative estimate of drug-likeness (QED) is 0.877. The van der Waals surface area contributed by atoms with Crippen LogP contribution in [0.2, 0.25) is 0 Å². The number of nitrogens with two attached hydrogens (primary N) is 1. The summed E-state index contributed by atoms with van der Waals surface area (Å²) in [5.74, 6) is 4.16. The van der Waals surface area contributed by atoms with Crippen LogP contribution in [-0.4, -0.2) is 6.54 Å². The number of benzene rings is 1. The average Bonchev–Trinajstić information content (AvgIpc) is 2.86. The van der Waals surface area contributed by atoms with Crippen molar-refractivity contribution < 1.29 is 13.5 Å². The summed E-state index contributed by atoms with van der Waals surface area (Å²) < 4.78 is 31.1. The molecule has 0 amide bonds. The largest absolute Gasteiger partial charge is 0.488 e. The van der Waals surface area contributed by atoms with Gasteiger partial charge in [-0.05, 0) is 18.2 Å². The fourth-order valence-electron chi connectivity index (χ4n) is 1.40. The Balaban J connectivity index is 1.98. The molecule has 1 aromatic heterocycles. The average molecular weight is 279 g/mol. The molecular weight excluding hydrogens is 268 g/mol. The summed E-state index contributed by atoms with van der Waals surface area (Å²) >= 11 is 1.49. The Hall–Kier alpha value is -1.90. The number of ether oxygens (including phenoxy) is 1. The van der Waals surface area contributed by atoms with E-state index in [9.17, 15) is 8.78 Å². The molecule has 1 aromatic carbocycles. The van der Waals surface area contributed by atoms with Crippen molar-refractivity contribution in [2.75, 3.05) is 6.54 Å². The van der Waals surface area contributed by atoms with Gasteiger partial charge in [-0.1, -0.05) is 11.8 Å². The molecule has 2 N–H and O–H groups in total. The smallest absolute Gasteiger partial charge is 0.162 e. The van der Waals surface area contributed by atoms with Crippen LogP contribution in [0.1, 0.15) is 10.4 Å². The predicted molar refractivity (Wildman–Crippen MR) is 70.9 cm³/mol. The van der Waals surface area contributed by atoms with Crippen molar-refractivity contribution in [1.29, 1.82) is 0 Å². The van der Waals surface area contributed by atoms with E-state index in [1.54, 1.807) is 0 Å². The van der Waals surface area contributed by atoms with Gasteiger partial charge in [0.1, 0.15) is 12.4 Å². The van der Waals surface area contributed by atoms with Crippen LogP contribution < -0.4 is 10.5 Å². The van der Waals surface area contributed by atoms with Crippen LogP contribution >= 0.6 is 11.3 Å². The molecule has 0 bridgehead atoms. The highest BCUT2D eigenvalue weighted by molar-refractivity contribution is 7.10. The van der Waals surface area contributed by atoms with Crippen molar-refractivity contribution in [3.05, 3.63) is 51.7 Å². The van der Waals surface area contributed by atoms with Gasteiger partial charge in [-0.3, -0.25) is 0 Å². The van der Waals surface area contributed by atoms with E-state index >= 15 is 0 Å². The molecule has 0 atom stereocenters. The number of rotatable bonds is 3. The van der Waals surface area contributed by atoms with Crippen LogP contribution in [0.3, 0.4) is 0 Å². The van der Waals surface area contributed by atoms with Crippen LogP contribution in [0.5, 0.6) is 5.75 Å². The second-order valence-electron chi connectivity index (χ2n) is 3.67. The molecule has 2 nitrogen and oxygen atoms in total. The van der Waals surface area contributed by atoms with E-state index in [4.69, 9.17) is 10.5 Å². The Kier molecular flexibility index (Phi) is 4.50. The third-order valence-electron chi connectivity index (χ3n) is 2.26. The van der Waals surface area contributed by atoms with E-state index < -0.39 is 11.6 Å². The first-order valence-corrected chi connectivity index (χ1v) is 6.41. The van der Waals surface area contributed by atoms with Gasteiger partial charge in [0.2, 0.25) is 0 Å². The van der Waals surface area contributed by atoms with Gasteiger partial charge in [-0.2, -0.15) is 0 Å². The van der Waals surface area contributed by atoms with Crippen molar-refractivity contribution in [2.24, 2.45) is 5.73 Å². The maximum absolute atomic E-state index is 13.0. The number of halogens is 2. The molecule has 5 heteroatoms. The van der Waals surface area contributed by atoms with Crippen LogP contribution in [-0.2, 0) is 6.61 Å². The first-order valence-electron chi connectivity index (χ1n) is 5.53. The van der Waals surface area contributed by atoms with Crippen molar-refractivity contribution >= 4 is 11.3 Å². The first-order chi connectivity index (χ1) is 9.19. The molecule has 0 aliphatic heterocycles. The lowest BCUT2D eigenvalue weighted by Crippen LogP contribution is -1.94. The summed E-state index contributed by atoms with van der Waals surface area (Å²) in [7, 11) is 0. The van der Waals surface area contributed by atoms with Crippen LogP contribution in [0.25, 0.3) is 0 Å². The molecule has 0 spiro atoms.